The van der Waals surface area contributed by atoms with Crippen LogP contribution in [0.15, 0.2) is 24.3 Å². The Hall–Kier alpha value is -2.24. The number of phenolic OH excluding ortho intramolecular Hbond substituents is 1. The maximum absolute atomic E-state index is 11.8. The fraction of sp³-hybridized carbons (Fsp3) is 0.467. The first-order chi connectivity index (χ1) is 9.52. The molecule has 0 aliphatic rings. The van der Waals surface area contributed by atoms with Crippen LogP contribution in [0.2, 0.25) is 0 Å². The van der Waals surface area contributed by atoms with E-state index in [1.165, 1.54) is 19.1 Å². The number of carbonyl (C=O) groups excluding carboxylic acids is 1. The van der Waals surface area contributed by atoms with Gasteiger partial charge in [-0.05, 0) is 45.4 Å². The highest BCUT2D eigenvalue weighted by Gasteiger charge is 2.36. The maximum atomic E-state index is 11.8. The van der Waals surface area contributed by atoms with E-state index in [1.807, 2.05) is 0 Å². The topological polar surface area (TPSA) is 95.9 Å². The van der Waals surface area contributed by atoms with Crippen molar-refractivity contribution in [1.29, 1.82) is 0 Å². The number of carboxylic acid groups (broad SMARTS) is 1. The first-order valence-corrected chi connectivity index (χ1v) is 6.54. The van der Waals surface area contributed by atoms with Crippen LogP contribution in [-0.2, 0) is 16.0 Å². The number of ether oxygens (including phenoxy) is 1. The molecule has 6 heteroatoms. The molecule has 21 heavy (non-hydrogen) atoms. The molecule has 3 N–H and O–H groups in total. The summed E-state index contributed by atoms with van der Waals surface area (Å²) < 4.78 is 5.09. The predicted octanol–water partition coefficient (Wildman–Crippen LogP) is 2.30. The van der Waals surface area contributed by atoms with E-state index in [2.05, 4.69) is 5.32 Å². The molecule has 116 valence electrons. The Morgan fingerprint density at radius 2 is 1.67 bits per heavy atom. The summed E-state index contributed by atoms with van der Waals surface area (Å²) in [7, 11) is 0. The Bertz CT molecular complexity index is 518. The summed E-state index contributed by atoms with van der Waals surface area (Å²) in [6, 6.07) is 6.14. The summed E-state index contributed by atoms with van der Waals surface area (Å²) in [5.41, 5.74) is -1.53. The van der Waals surface area contributed by atoms with E-state index < -0.39 is 23.2 Å². The minimum Gasteiger partial charge on any atom is -0.508 e. The molecule has 0 saturated heterocycles. The minimum atomic E-state index is -1.50. The summed E-state index contributed by atoms with van der Waals surface area (Å²) in [4.78, 5) is 23.3. The molecule has 0 heterocycles. The second kappa shape index (κ2) is 6.03. The van der Waals surface area contributed by atoms with E-state index in [9.17, 15) is 19.8 Å². The number of carbonyl (C=O) groups is 2. The third-order valence-corrected chi connectivity index (χ3v) is 2.74. The summed E-state index contributed by atoms with van der Waals surface area (Å²) in [6.07, 6.45) is -0.715. The van der Waals surface area contributed by atoms with E-state index in [0.717, 1.165) is 0 Å². The first-order valence-electron chi connectivity index (χ1n) is 6.54. The molecule has 0 bridgehead atoms. The number of aliphatic carboxylic acids is 1. The number of alkyl carbamates (subject to hydrolysis) is 1. The van der Waals surface area contributed by atoms with Crippen molar-refractivity contribution in [3.8, 4) is 5.75 Å². The third-order valence-electron chi connectivity index (χ3n) is 2.74. The number of carboxylic acids is 1. The van der Waals surface area contributed by atoms with E-state index in [1.54, 1.807) is 32.9 Å². The quantitative estimate of drug-likeness (QED) is 0.792. The summed E-state index contributed by atoms with van der Waals surface area (Å²) in [5.74, 6) is -1.07. The smallest absolute Gasteiger partial charge is 0.408 e. The van der Waals surface area contributed by atoms with Gasteiger partial charge in [-0.25, -0.2) is 9.59 Å². The first kappa shape index (κ1) is 16.8. The molecule has 1 aromatic rings. The molecule has 0 saturated carbocycles. The Morgan fingerprint density at radius 1 is 1.14 bits per heavy atom. The van der Waals surface area contributed by atoms with Crippen LogP contribution in [0.25, 0.3) is 0 Å². The zero-order chi connectivity index (χ0) is 16.3. The molecule has 1 rings (SSSR count). The molecule has 0 unspecified atom stereocenters. The van der Waals surface area contributed by atoms with Gasteiger partial charge in [0, 0.05) is 6.42 Å². The van der Waals surface area contributed by atoms with E-state index in [-0.39, 0.29) is 12.2 Å². The lowest BCUT2D eigenvalue weighted by Crippen LogP contribution is -2.54. The van der Waals surface area contributed by atoms with Crippen molar-refractivity contribution < 1.29 is 24.5 Å². The number of nitrogens with one attached hydrogen (secondary N) is 1. The molecular formula is C15H21NO5. The van der Waals surface area contributed by atoms with E-state index >= 15 is 0 Å². The van der Waals surface area contributed by atoms with Crippen LogP contribution in [0.5, 0.6) is 5.75 Å². The lowest BCUT2D eigenvalue weighted by Gasteiger charge is -2.28. The average molecular weight is 295 g/mol. The van der Waals surface area contributed by atoms with Crippen LogP contribution in [0.3, 0.4) is 0 Å². The number of hydrogen-bond acceptors (Lipinski definition) is 4. The molecule has 0 aliphatic carbocycles. The number of phenols is 1. The molecule has 0 aliphatic heterocycles. The summed E-state index contributed by atoms with van der Waals surface area (Å²) in [5, 5.41) is 21.0. The van der Waals surface area contributed by atoms with Crippen LogP contribution < -0.4 is 5.32 Å². The lowest BCUT2D eigenvalue weighted by atomic mass is 9.93. The van der Waals surface area contributed by atoms with Crippen molar-refractivity contribution in [3.63, 3.8) is 0 Å². The van der Waals surface area contributed by atoms with Crippen molar-refractivity contribution in [3.05, 3.63) is 29.8 Å². The second-order valence-corrected chi connectivity index (χ2v) is 6.11. The van der Waals surface area contributed by atoms with Gasteiger partial charge < -0.3 is 20.3 Å². The van der Waals surface area contributed by atoms with Gasteiger partial charge in [-0.3, -0.25) is 0 Å². The molecule has 0 aromatic heterocycles. The van der Waals surface area contributed by atoms with Crippen LogP contribution in [-0.4, -0.2) is 33.4 Å². The monoisotopic (exact) mass is 295 g/mol. The van der Waals surface area contributed by atoms with Gasteiger partial charge in [0.2, 0.25) is 0 Å². The molecular weight excluding hydrogens is 274 g/mol. The van der Waals surface area contributed by atoms with E-state index in [4.69, 9.17) is 4.74 Å². The number of benzene rings is 1. The van der Waals surface area contributed by atoms with Gasteiger partial charge >= 0.3 is 12.1 Å². The minimum absolute atomic E-state index is 0.0713. The largest absolute Gasteiger partial charge is 0.508 e. The molecule has 6 nitrogen and oxygen atoms in total. The number of aromatic hydroxyl groups is 1. The Labute approximate surface area is 123 Å². The van der Waals surface area contributed by atoms with Gasteiger partial charge in [-0.1, -0.05) is 12.1 Å². The Balaban J connectivity index is 2.86. The van der Waals surface area contributed by atoms with Crippen LogP contribution in [0.4, 0.5) is 4.79 Å². The van der Waals surface area contributed by atoms with Gasteiger partial charge in [-0.15, -0.1) is 0 Å². The third kappa shape index (κ3) is 5.33. The van der Waals surface area contributed by atoms with Crippen molar-refractivity contribution >= 4 is 12.1 Å². The SMILES string of the molecule is CC(C)(C)OC(=O)N[C@@](C)(Cc1ccc(O)cc1)C(=O)O. The van der Waals surface area contributed by atoms with Gasteiger partial charge in [-0.2, -0.15) is 0 Å². The molecule has 0 radical (unpaired) electrons. The Morgan fingerprint density at radius 3 is 2.10 bits per heavy atom. The average Bonchev–Trinajstić information content (AvgIpc) is 2.29. The van der Waals surface area contributed by atoms with Crippen molar-refractivity contribution in [2.45, 2.75) is 45.3 Å². The van der Waals surface area contributed by atoms with Gasteiger partial charge in [0.05, 0.1) is 0 Å². The molecule has 0 spiro atoms. The van der Waals surface area contributed by atoms with Crippen molar-refractivity contribution in [2.75, 3.05) is 0 Å². The molecule has 1 amide bonds. The number of amides is 1. The second-order valence-electron chi connectivity index (χ2n) is 6.11. The van der Waals surface area contributed by atoms with Crippen molar-refractivity contribution in [2.24, 2.45) is 0 Å². The molecule has 1 atom stereocenters. The fourth-order valence-corrected chi connectivity index (χ4v) is 1.72. The highest BCUT2D eigenvalue weighted by Crippen LogP contribution is 2.18. The van der Waals surface area contributed by atoms with Crippen LogP contribution in [0.1, 0.15) is 33.3 Å². The van der Waals surface area contributed by atoms with Crippen LogP contribution in [0, 0.1) is 0 Å². The standard InChI is InChI=1S/C15H21NO5/c1-14(2,3)21-13(20)16-15(4,12(18)19)9-10-5-7-11(17)8-6-10/h5-8,17H,9H2,1-4H3,(H,16,20)(H,18,19)/t15-/m0/s1. The fourth-order valence-electron chi connectivity index (χ4n) is 1.72. The van der Waals surface area contributed by atoms with Gasteiger partial charge in [0.25, 0.3) is 0 Å². The number of hydrogen-bond donors (Lipinski definition) is 3. The zero-order valence-corrected chi connectivity index (χ0v) is 12.6. The predicted molar refractivity (Wildman–Crippen MR) is 77.2 cm³/mol. The summed E-state index contributed by atoms with van der Waals surface area (Å²) in [6.45, 7) is 6.51. The van der Waals surface area contributed by atoms with E-state index in [0.29, 0.717) is 5.56 Å². The van der Waals surface area contributed by atoms with Crippen LogP contribution >= 0.6 is 0 Å². The maximum Gasteiger partial charge on any atom is 0.408 e. The number of rotatable bonds is 4. The zero-order valence-electron chi connectivity index (χ0n) is 12.6. The lowest BCUT2D eigenvalue weighted by molar-refractivity contribution is -0.144. The van der Waals surface area contributed by atoms with Gasteiger partial charge in [0.1, 0.15) is 16.9 Å². The molecule has 0 fully saturated rings. The molecule has 1 aromatic carbocycles. The van der Waals surface area contributed by atoms with Crippen molar-refractivity contribution in [1.82, 2.24) is 5.32 Å². The Kier molecular flexibility index (Phi) is 4.83. The van der Waals surface area contributed by atoms with Gasteiger partial charge in [0.15, 0.2) is 0 Å². The normalized spacial score (nSPS) is 14.1. The summed E-state index contributed by atoms with van der Waals surface area (Å²) >= 11 is 0. The highest BCUT2D eigenvalue weighted by atomic mass is 16.6. The highest BCUT2D eigenvalue weighted by molar-refractivity contribution is 5.84.